The van der Waals surface area contributed by atoms with E-state index in [1.807, 2.05) is 6.92 Å². The quantitative estimate of drug-likeness (QED) is 0.397. The van der Waals surface area contributed by atoms with Crippen LogP contribution in [0.15, 0.2) is 0 Å². The van der Waals surface area contributed by atoms with E-state index in [0.717, 1.165) is 19.6 Å². The molecule has 0 saturated carbocycles. The summed E-state index contributed by atoms with van der Waals surface area (Å²) in [4.78, 5) is 0. The molecule has 0 radical (unpaired) electrons. The molecular formula is C7H18N2O2. The van der Waals surface area contributed by atoms with Crippen molar-refractivity contribution >= 4 is 0 Å². The van der Waals surface area contributed by atoms with Gasteiger partial charge in [-0.3, -0.25) is 0 Å². The van der Waals surface area contributed by atoms with E-state index in [1.54, 1.807) is 0 Å². The zero-order valence-electron chi connectivity index (χ0n) is 7.08. The van der Waals surface area contributed by atoms with Gasteiger partial charge in [0, 0.05) is 19.8 Å². The minimum Gasteiger partial charge on any atom is -0.382 e. The van der Waals surface area contributed by atoms with Gasteiger partial charge in [-0.2, -0.15) is 0 Å². The predicted molar refractivity (Wildman–Crippen MR) is 44.1 cm³/mol. The standard InChI is InChI=1S/C7H18N2O2/c1-2-10-4-3-5-11-6-7(8)9/h7H,2-6,8-9H2,1H3. The SMILES string of the molecule is CCOCCCOCC(N)N. The minimum absolute atomic E-state index is 0.359. The molecular weight excluding hydrogens is 144 g/mol. The number of hydrogen-bond donors (Lipinski definition) is 2. The van der Waals surface area contributed by atoms with Crippen LogP contribution in [0.2, 0.25) is 0 Å². The third-order valence-corrected chi connectivity index (χ3v) is 1.09. The highest BCUT2D eigenvalue weighted by molar-refractivity contribution is 4.46. The molecule has 0 saturated heterocycles. The lowest BCUT2D eigenvalue weighted by atomic mass is 10.5. The Bertz CT molecular complexity index is 78.8. The van der Waals surface area contributed by atoms with Crippen LogP contribution in [-0.2, 0) is 9.47 Å². The predicted octanol–water partition coefficient (Wildman–Crippen LogP) is -0.327. The van der Waals surface area contributed by atoms with Crippen LogP contribution >= 0.6 is 0 Å². The van der Waals surface area contributed by atoms with E-state index in [2.05, 4.69) is 0 Å². The lowest BCUT2D eigenvalue weighted by Gasteiger charge is -2.06. The Balaban J connectivity index is 2.80. The van der Waals surface area contributed by atoms with E-state index in [0.29, 0.717) is 13.2 Å². The van der Waals surface area contributed by atoms with Crippen molar-refractivity contribution in [2.75, 3.05) is 26.4 Å². The molecule has 0 aromatic rings. The van der Waals surface area contributed by atoms with Crippen LogP contribution in [0.5, 0.6) is 0 Å². The molecule has 4 nitrogen and oxygen atoms in total. The first-order valence-corrected chi connectivity index (χ1v) is 3.94. The molecule has 11 heavy (non-hydrogen) atoms. The molecule has 0 spiro atoms. The second-order valence-corrected chi connectivity index (χ2v) is 2.29. The van der Waals surface area contributed by atoms with Crippen molar-refractivity contribution in [2.24, 2.45) is 11.5 Å². The molecule has 0 atom stereocenters. The molecule has 0 aliphatic rings. The van der Waals surface area contributed by atoms with Crippen LogP contribution in [0.4, 0.5) is 0 Å². The molecule has 4 heteroatoms. The topological polar surface area (TPSA) is 70.5 Å². The van der Waals surface area contributed by atoms with E-state index in [4.69, 9.17) is 20.9 Å². The molecule has 0 aromatic carbocycles. The van der Waals surface area contributed by atoms with E-state index < -0.39 is 0 Å². The zero-order chi connectivity index (χ0) is 8.53. The molecule has 0 rings (SSSR count). The van der Waals surface area contributed by atoms with Crippen LogP contribution < -0.4 is 11.5 Å². The largest absolute Gasteiger partial charge is 0.382 e. The average Bonchev–Trinajstić information content (AvgIpc) is 1.96. The second kappa shape index (κ2) is 7.94. The third kappa shape index (κ3) is 9.84. The summed E-state index contributed by atoms with van der Waals surface area (Å²) in [5, 5.41) is 0. The van der Waals surface area contributed by atoms with Crippen LogP contribution in [0.3, 0.4) is 0 Å². The van der Waals surface area contributed by atoms with Crippen LogP contribution in [0.1, 0.15) is 13.3 Å². The van der Waals surface area contributed by atoms with Crippen molar-refractivity contribution < 1.29 is 9.47 Å². The molecule has 0 bridgehead atoms. The van der Waals surface area contributed by atoms with Gasteiger partial charge in [-0.05, 0) is 13.3 Å². The van der Waals surface area contributed by atoms with Gasteiger partial charge >= 0.3 is 0 Å². The summed E-state index contributed by atoms with van der Waals surface area (Å²) in [6, 6.07) is 0. The fraction of sp³-hybridized carbons (Fsp3) is 1.00. The summed E-state index contributed by atoms with van der Waals surface area (Å²) in [5.41, 5.74) is 10.5. The fourth-order valence-electron chi connectivity index (χ4n) is 0.627. The molecule has 4 N–H and O–H groups in total. The molecule has 0 aliphatic heterocycles. The van der Waals surface area contributed by atoms with E-state index in [9.17, 15) is 0 Å². The van der Waals surface area contributed by atoms with Crippen LogP contribution in [0, 0.1) is 0 Å². The van der Waals surface area contributed by atoms with Gasteiger partial charge < -0.3 is 20.9 Å². The van der Waals surface area contributed by atoms with E-state index in [-0.39, 0.29) is 6.17 Å². The smallest absolute Gasteiger partial charge is 0.0762 e. The summed E-state index contributed by atoms with van der Waals surface area (Å²) in [5.74, 6) is 0. The van der Waals surface area contributed by atoms with Gasteiger partial charge in [0.05, 0.1) is 12.8 Å². The molecule has 0 aromatic heterocycles. The van der Waals surface area contributed by atoms with Crippen molar-refractivity contribution in [3.8, 4) is 0 Å². The Morgan fingerprint density at radius 3 is 2.36 bits per heavy atom. The number of rotatable bonds is 7. The van der Waals surface area contributed by atoms with Crippen molar-refractivity contribution in [1.82, 2.24) is 0 Å². The van der Waals surface area contributed by atoms with Gasteiger partial charge in [-0.25, -0.2) is 0 Å². The van der Waals surface area contributed by atoms with Crippen LogP contribution in [-0.4, -0.2) is 32.6 Å². The lowest BCUT2D eigenvalue weighted by Crippen LogP contribution is -2.35. The summed E-state index contributed by atoms with van der Waals surface area (Å²) in [6.45, 7) is 4.57. The Kier molecular flexibility index (Phi) is 7.83. The van der Waals surface area contributed by atoms with Crippen LogP contribution in [0.25, 0.3) is 0 Å². The summed E-state index contributed by atoms with van der Waals surface area (Å²) >= 11 is 0. The first-order chi connectivity index (χ1) is 5.27. The first-order valence-electron chi connectivity index (χ1n) is 3.94. The highest BCUT2D eigenvalue weighted by Gasteiger charge is 1.93. The van der Waals surface area contributed by atoms with Crippen molar-refractivity contribution in [2.45, 2.75) is 19.5 Å². The van der Waals surface area contributed by atoms with Crippen molar-refractivity contribution in [1.29, 1.82) is 0 Å². The van der Waals surface area contributed by atoms with Gasteiger partial charge in [0.2, 0.25) is 0 Å². The van der Waals surface area contributed by atoms with Crippen molar-refractivity contribution in [3.05, 3.63) is 0 Å². The number of ether oxygens (including phenoxy) is 2. The van der Waals surface area contributed by atoms with Gasteiger partial charge in [-0.1, -0.05) is 0 Å². The lowest BCUT2D eigenvalue weighted by molar-refractivity contribution is 0.0821. The molecule has 0 unspecified atom stereocenters. The third-order valence-electron chi connectivity index (χ3n) is 1.09. The van der Waals surface area contributed by atoms with Gasteiger partial charge in [0.25, 0.3) is 0 Å². The fourth-order valence-corrected chi connectivity index (χ4v) is 0.627. The van der Waals surface area contributed by atoms with Gasteiger partial charge in [0.15, 0.2) is 0 Å². The maximum atomic E-state index is 5.25. The summed E-state index contributed by atoms with van der Waals surface area (Å²) < 4.78 is 10.2. The molecule has 0 aliphatic carbocycles. The summed E-state index contributed by atoms with van der Waals surface area (Å²) in [6.07, 6.45) is 0.544. The zero-order valence-corrected chi connectivity index (χ0v) is 7.08. The Morgan fingerprint density at radius 1 is 1.18 bits per heavy atom. The molecule has 0 amide bonds. The maximum Gasteiger partial charge on any atom is 0.0762 e. The summed E-state index contributed by atoms with van der Waals surface area (Å²) in [7, 11) is 0. The molecule has 0 fully saturated rings. The van der Waals surface area contributed by atoms with Crippen molar-refractivity contribution in [3.63, 3.8) is 0 Å². The Hall–Kier alpha value is -0.160. The normalized spacial score (nSPS) is 10.9. The number of nitrogens with two attached hydrogens (primary N) is 2. The Labute approximate surface area is 67.8 Å². The van der Waals surface area contributed by atoms with Gasteiger partial charge in [0.1, 0.15) is 0 Å². The highest BCUT2D eigenvalue weighted by Crippen LogP contribution is 1.84. The number of hydrogen-bond acceptors (Lipinski definition) is 4. The Morgan fingerprint density at radius 2 is 1.82 bits per heavy atom. The van der Waals surface area contributed by atoms with Gasteiger partial charge in [-0.15, -0.1) is 0 Å². The maximum absolute atomic E-state index is 5.25. The highest BCUT2D eigenvalue weighted by atomic mass is 16.5. The van der Waals surface area contributed by atoms with E-state index in [1.165, 1.54) is 0 Å². The average molecular weight is 162 g/mol. The second-order valence-electron chi connectivity index (χ2n) is 2.29. The van der Waals surface area contributed by atoms with E-state index >= 15 is 0 Å². The monoisotopic (exact) mass is 162 g/mol. The molecule has 68 valence electrons. The molecule has 0 heterocycles. The minimum atomic E-state index is -0.359. The first kappa shape index (κ1) is 10.8.